The van der Waals surface area contributed by atoms with Crippen LogP contribution in [-0.2, 0) is 11.3 Å². The van der Waals surface area contributed by atoms with Gasteiger partial charge in [-0.15, -0.1) is 0 Å². The summed E-state index contributed by atoms with van der Waals surface area (Å²) in [4.78, 5) is 16.1. The number of nitrogens with zero attached hydrogens (tertiary/aromatic N) is 1. The number of carbonyl (C=O) groups is 1. The van der Waals surface area contributed by atoms with Gasteiger partial charge in [-0.1, -0.05) is 19.1 Å². The van der Waals surface area contributed by atoms with E-state index in [1.165, 1.54) is 0 Å². The average Bonchev–Trinajstić information content (AvgIpc) is 2.58. The molecule has 0 fully saturated rings. The zero-order chi connectivity index (χ0) is 19.7. The Kier molecular flexibility index (Phi) is 8.42. The van der Waals surface area contributed by atoms with Crippen LogP contribution >= 0.6 is 0 Å². The maximum atomic E-state index is 11.5. The standard InChI is InChI=1S/C20H34N4O2/c1-7-15(4)26-17-11-14(3)9-10-16(17)12-23-19(22-8-2)24-13-20(5,6)18(21)25/h9-11,15H,7-8,12-13H2,1-6H3,(H2,21,25)(H2,22,23,24). The van der Waals surface area contributed by atoms with Gasteiger partial charge in [-0.2, -0.15) is 0 Å². The van der Waals surface area contributed by atoms with Crippen LogP contribution in [0.15, 0.2) is 23.2 Å². The van der Waals surface area contributed by atoms with E-state index in [9.17, 15) is 4.79 Å². The number of amides is 1. The lowest BCUT2D eigenvalue weighted by Crippen LogP contribution is -2.46. The predicted octanol–water partition coefficient (Wildman–Crippen LogP) is 2.74. The molecule has 26 heavy (non-hydrogen) atoms. The number of benzene rings is 1. The highest BCUT2D eigenvalue weighted by atomic mass is 16.5. The highest BCUT2D eigenvalue weighted by Gasteiger charge is 2.24. The van der Waals surface area contributed by atoms with Gasteiger partial charge in [0, 0.05) is 18.7 Å². The molecule has 1 aromatic rings. The molecule has 0 heterocycles. The predicted molar refractivity (Wildman–Crippen MR) is 107 cm³/mol. The van der Waals surface area contributed by atoms with Crippen LogP contribution in [0.4, 0.5) is 0 Å². The van der Waals surface area contributed by atoms with Crippen LogP contribution in [0.1, 0.15) is 52.2 Å². The fourth-order valence-corrected chi connectivity index (χ4v) is 2.10. The Hall–Kier alpha value is -2.24. The molecule has 0 saturated carbocycles. The Morgan fingerprint density at radius 1 is 1.31 bits per heavy atom. The second kappa shape index (κ2) is 10.0. The lowest BCUT2D eigenvalue weighted by Gasteiger charge is -2.22. The summed E-state index contributed by atoms with van der Waals surface area (Å²) < 4.78 is 6.04. The van der Waals surface area contributed by atoms with Gasteiger partial charge in [-0.3, -0.25) is 4.79 Å². The van der Waals surface area contributed by atoms with E-state index in [-0.39, 0.29) is 12.0 Å². The average molecular weight is 363 g/mol. The van der Waals surface area contributed by atoms with E-state index in [1.54, 1.807) is 0 Å². The highest BCUT2D eigenvalue weighted by molar-refractivity contribution is 5.83. The Bertz CT molecular complexity index is 626. The summed E-state index contributed by atoms with van der Waals surface area (Å²) in [5.41, 5.74) is 6.97. The Morgan fingerprint density at radius 3 is 2.58 bits per heavy atom. The van der Waals surface area contributed by atoms with Gasteiger partial charge in [-0.05, 0) is 52.7 Å². The molecule has 0 radical (unpaired) electrons. The molecule has 1 rings (SSSR count). The molecule has 1 aromatic carbocycles. The molecule has 0 aromatic heterocycles. The van der Waals surface area contributed by atoms with Crippen LogP contribution in [0, 0.1) is 12.3 Å². The smallest absolute Gasteiger partial charge is 0.224 e. The van der Waals surface area contributed by atoms with Crippen molar-refractivity contribution in [3.8, 4) is 5.75 Å². The number of hydrogen-bond donors (Lipinski definition) is 3. The van der Waals surface area contributed by atoms with Gasteiger partial charge >= 0.3 is 0 Å². The van der Waals surface area contributed by atoms with Crippen LogP contribution in [-0.4, -0.2) is 31.1 Å². The molecule has 0 aliphatic heterocycles. The van der Waals surface area contributed by atoms with Crippen molar-refractivity contribution in [2.45, 2.75) is 60.6 Å². The number of hydrogen-bond acceptors (Lipinski definition) is 3. The number of primary amides is 1. The van der Waals surface area contributed by atoms with E-state index in [1.807, 2.05) is 39.8 Å². The van der Waals surface area contributed by atoms with E-state index in [4.69, 9.17) is 10.5 Å². The van der Waals surface area contributed by atoms with Gasteiger partial charge in [-0.25, -0.2) is 4.99 Å². The van der Waals surface area contributed by atoms with Crippen LogP contribution in [0.3, 0.4) is 0 Å². The van der Waals surface area contributed by atoms with Crippen molar-refractivity contribution in [2.24, 2.45) is 16.1 Å². The summed E-state index contributed by atoms with van der Waals surface area (Å²) in [5, 5.41) is 6.39. The van der Waals surface area contributed by atoms with Crippen molar-refractivity contribution in [2.75, 3.05) is 13.1 Å². The van der Waals surface area contributed by atoms with Crippen molar-refractivity contribution in [1.82, 2.24) is 10.6 Å². The van der Waals surface area contributed by atoms with Crippen LogP contribution in [0.25, 0.3) is 0 Å². The SMILES string of the molecule is CCNC(=NCc1ccc(C)cc1OC(C)CC)NCC(C)(C)C(N)=O. The third-order valence-corrected chi connectivity index (χ3v) is 4.24. The van der Waals surface area contributed by atoms with Crippen molar-refractivity contribution >= 4 is 11.9 Å². The van der Waals surface area contributed by atoms with Gasteiger partial charge in [0.1, 0.15) is 5.75 Å². The molecule has 146 valence electrons. The third-order valence-electron chi connectivity index (χ3n) is 4.24. The zero-order valence-electron chi connectivity index (χ0n) is 17.0. The van der Waals surface area contributed by atoms with Gasteiger partial charge in [0.05, 0.1) is 18.1 Å². The van der Waals surface area contributed by atoms with E-state index >= 15 is 0 Å². The van der Waals surface area contributed by atoms with E-state index in [0.29, 0.717) is 19.0 Å². The fourth-order valence-electron chi connectivity index (χ4n) is 2.10. The molecule has 0 bridgehead atoms. The molecular weight excluding hydrogens is 328 g/mol. The highest BCUT2D eigenvalue weighted by Crippen LogP contribution is 2.23. The normalized spacial score (nSPS) is 13.2. The Morgan fingerprint density at radius 2 is 2.00 bits per heavy atom. The lowest BCUT2D eigenvalue weighted by molar-refractivity contribution is -0.125. The lowest BCUT2D eigenvalue weighted by atomic mass is 9.93. The van der Waals surface area contributed by atoms with Crippen molar-refractivity contribution in [3.63, 3.8) is 0 Å². The molecule has 1 amide bonds. The first kappa shape index (κ1) is 21.8. The molecule has 0 aliphatic carbocycles. The van der Waals surface area contributed by atoms with Crippen LogP contribution in [0.5, 0.6) is 5.75 Å². The van der Waals surface area contributed by atoms with E-state index in [0.717, 1.165) is 29.8 Å². The number of rotatable bonds is 9. The molecular formula is C20H34N4O2. The molecule has 6 nitrogen and oxygen atoms in total. The minimum absolute atomic E-state index is 0.155. The van der Waals surface area contributed by atoms with Gasteiger partial charge in [0.25, 0.3) is 0 Å². The molecule has 1 unspecified atom stereocenters. The summed E-state index contributed by atoms with van der Waals surface area (Å²) in [6.45, 7) is 13.5. The minimum atomic E-state index is -0.648. The number of guanidine groups is 1. The fraction of sp³-hybridized carbons (Fsp3) is 0.600. The first-order chi connectivity index (χ1) is 12.2. The monoisotopic (exact) mass is 362 g/mol. The molecule has 1 atom stereocenters. The quantitative estimate of drug-likeness (QED) is 0.465. The molecule has 0 aliphatic rings. The second-order valence-electron chi connectivity index (χ2n) is 7.24. The van der Waals surface area contributed by atoms with Gasteiger partial charge in [0.15, 0.2) is 5.96 Å². The molecule has 0 spiro atoms. The number of ether oxygens (including phenoxy) is 1. The summed E-state index contributed by atoms with van der Waals surface area (Å²) in [6, 6.07) is 6.16. The summed E-state index contributed by atoms with van der Waals surface area (Å²) >= 11 is 0. The topological polar surface area (TPSA) is 88.7 Å². The maximum Gasteiger partial charge on any atom is 0.224 e. The summed E-state index contributed by atoms with van der Waals surface area (Å²) in [7, 11) is 0. The minimum Gasteiger partial charge on any atom is -0.490 e. The molecule has 4 N–H and O–H groups in total. The third kappa shape index (κ3) is 6.94. The Balaban J connectivity index is 2.90. The van der Waals surface area contributed by atoms with Crippen molar-refractivity contribution in [1.29, 1.82) is 0 Å². The Labute approximate surface area is 157 Å². The summed E-state index contributed by atoms with van der Waals surface area (Å²) in [5.74, 6) is 1.18. The first-order valence-corrected chi connectivity index (χ1v) is 9.27. The van der Waals surface area contributed by atoms with Crippen LogP contribution < -0.4 is 21.1 Å². The van der Waals surface area contributed by atoms with Crippen LogP contribution in [0.2, 0.25) is 0 Å². The maximum absolute atomic E-state index is 11.5. The number of aliphatic imine (C=N–C) groups is 1. The van der Waals surface area contributed by atoms with Crippen molar-refractivity contribution in [3.05, 3.63) is 29.3 Å². The number of nitrogens with one attached hydrogen (secondary N) is 2. The number of carbonyl (C=O) groups excluding carboxylic acids is 1. The van der Waals surface area contributed by atoms with Gasteiger partial charge in [0.2, 0.25) is 5.91 Å². The van der Waals surface area contributed by atoms with E-state index in [2.05, 4.69) is 35.5 Å². The first-order valence-electron chi connectivity index (χ1n) is 9.27. The van der Waals surface area contributed by atoms with Gasteiger partial charge < -0.3 is 21.1 Å². The van der Waals surface area contributed by atoms with Crippen molar-refractivity contribution < 1.29 is 9.53 Å². The zero-order valence-corrected chi connectivity index (χ0v) is 17.0. The van der Waals surface area contributed by atoms with E-state index < -0.39 is 5.41 Å². The second-order valence-corrected chi connectivity index (χ2v) is 7.24. The molecule has 0 saturated heterocycles. The number of aryl methyl sites for hydroxylation is 1. The summed E-state index contributed by atoms with van der Waals surface area (Å²) in [6.07, 6.45) is 1.10. The largest absolute Gasteiger partial charge is 0.490 e. The molecule has 6 heteroatoms. The number of nitrogens with two attached hydrogens (primary N) is 1.